The maximum atomic E-state index is 9.54. The lowest BCUT2D eigenvalue weighted by molar-refractivity contribution is 0.0432. The quantitative estimate of drug-likeness (QED) is 0.655. The summed E-state index contributed by atoms with van der Waals surface area (Å²) in [7, 11) is 0. The number of aliphatic hydroxyl groups is 1. The Morgan fingerprint density at radius 1 is 1.18 bits per heavy atom. The maximum Gasteiger partial charge on any atom is 0.0609 e. The third kappa shape index (κ3) is 4.38. The van der Waals surface area contributed by atoms with Crippen LogP contribution in [-0.2, 0) is 0 Å². The standard InChI is InChI=1S/C9H21NO/c1-5-9(10,6-2)7-8(3,4)11/h11H,5-7,10H2,1-4H3. The first-order chi connectivity index (χ1) is 4.83. The normalized spacial score (nSPS) is 13.6. The Kier molecular flexibility index (Phi) is 3.52. The van der Waals surface area contributed by atoms with Crippen LogP contribution in [0.25, 0.3) is 0 Å². The van der Waals surface area contributed by atoms with Crippen LogP contribution in [0, 0.1) is 0 Å². The van der Waals surface area contributed by atoms with Crippen molar-refractivity contribution in [2.24, 2.45) is 5.73 Å². The van der Waals surface area contributed by atoms with Crippen molar-refractivity contribution in [3.05, 3.63) is 0 Å². The van der Waals surface area contributed by atoms with E-state index < -0.39 is 5.60 Å². The maximum absolute atomic E-state index is 9.54. The van der Waals surface area contributed by atoms with E-state index in [1.54, 1.807) is 13.8 Å². The van der Waals surface area contributed by atoms with Crippen molar-refractivity contribution in [2.45, 2.75) is 58.1 Å². The zero-order chi connectivity index (χ0) is 9.12. The Labute approximate surface area is 69.8 Å². The molecule has 0 aromatic rings. The minimum absolute atomic E-state index is 0.182. The van der Waals surface area contributed by atoms with E-state index >= 15 is 0 Å². The number of nitrogens with two attached hydrogens (primary N) is 1. The summed E-state index contributed by atoms with van der Waals surface area (Å²) in [5, 5.41) is 9.54. The molecule has 0 fully saturated rings. The lowest BCUT2D eigenvalue weighted by Crippen LogP contribution is -2.44. The summed E-state index contributed by atoms with van der Waals surface area (Å²) in [5.74, 6) is 0. The Hall–Kier alpha value is -0.0800. The van der Waals surface area contributed by atoms with Gasteiger partial charge in [0.05, 0.1) is 5.60 Å². The van der Waals surface area contributed by atoms with Gasteiger partial charge >= 0.3 is 0 Å². The molecule has 0 saturated carbocycles. The molecular formula is C9H21NO. The van der Waals surface area contributed by atoms with Crippen LogP contribution in [0.2, 0.25) is 0 Å². The highest BCUT2D eigenvalue weighted by atomic mass is 16.3. The van der Waals surface area contributed by atoms with Crippen LogP contribution in [0.5, 0.6) is 0 Å². The molecule has 0 radical (unpaired) electrons. The van der Waals surface area contributed by atoms with Gasteiger partial charge < -0.3 is 10.8 Å². The molecule has 0 atom stereocenters. The van der Waals surface area contributed by atoms with E-state index in [9.17, 15) is 5.11 Å². The second-order valence-corrected chi connectivity index (χ2v) is 4.06. The molecule has 0 spiro atoms. The molecule has 0 aliphatic carbocycles. The van der Waals surface area contributed by atoms with Crippen LogP contribution >= 0.6 is 0 Å². The number of hydrogen-bond donors (Lipinski definition) is 2. The van der Waals surface area contributed by atoms with Crippen molar-refractivity contribution >= 4 is 0 Å². The van der Waals surface area contributed by atoms with E-state index in [2.05, 4.69) is 13.8 Å². The fourth-order valence-electron chi connectivity index (χ4n) is 1.36. The third-order valence-corrected chi connectivity index (χ3v) is 2.19. The van der Waals surface area contributed by atoms with Gasteiger partial charge in [-0.2, -0.15) is 0 Å². The summed E-state index contributed by atoms with van der Waals surface area (Å²) in [4.78, 5) is 0. The minimum atomic E-state index is -0.638. The highest BCUT2D eigenvalue weighted by Crippen LogP contribution is 2.23. The van der Waals surface area contributed by atoms with Gasteiger partial charge in [-0.05, 0) is 33.1 Å². The summed E-state index contributed by atoms with van der Waals surface area (Å²) < 4.78 is 0. The summed E-state index contributed by atoms with van der Waals surface area (Å²) in [6.45, 7) is 7.74. The molecular weight excluding hydrogens is 138 g/mol. The summed E-state index contributed by atoms with van der Waals surface area (Å²) in [6.07, 6.45) is 2.52. The van der Waals surface area contributed by atoms with Crippen LogP contribution < -0.4 is 5.73 Å². The molecule has 11 heavy (non-hydrogen) atoms. The van der Waals surface area contributed by atoms with Gasteiger partial charge in [0.15, 0.2) is 0 Å². The van der Waals surface area contributed by atoms with Crippen LogP contribution in [0.1, 0.15) is 47.0 Å². The van der Waals surface area contributed by atoms with E-state index in [1.165, 1.54) is 0 Å². The zero-order valence-electron chi connectivity index (χ0n) is 8.15. The first kappa shape index (κ1) is 10.9. The average Bonchev–Trinajstić information content (AvgIpc) is 1.84. The lowest BCUT2D eigenvalue weighted by Gasteiger charge is -2.32. The predicted molar refractivity (Wildman–Crippen MR) is 48.4 cm³/mol. The van der Waals surface area contributed by atoms with Gasteiger partial charge in [0.2, 0.25) is 0 Å². The van der Waals surface area contributed by atoms with Crippen LogP contribution in [0.4, 0.5) is 0 Å². The molecule has 0 aliphatic heterocycles. The van der Waals surface area contributed by atoms with Crippen molar-refractivity contribution in [3.63, 3.8) is 0 Å². The van der Waals surface area contributed by atoms with Crippen molar-refractivity contribution in [1.82, 2.24) is 0 Å². The Morgan fingerprint density at radius 3 is 1.64 bits per heavy atom. The molecule has 0 aromatic heterocycles. The van der Waals surface area contributed by atoms with Gasteiger partial charge in [-0.25, -0.2) is 0 Å². The smallest absolute Gasteiger partial charge is 0.0609 e. The molecule has 0 amide bonds. The molecule has 0 aliphatic rings. The van der Waals surface area contributed by atoms with Gasteiger partial charge in [0.25, 0.3) is 0 Å². The second-order valence-electron chi connectivity index (χ2n) is 4.06. The highest BCUT2D eigenvalue weighted by molar-refractivity contribution is 4.87. The van der Waals surface area contributed by atoms with Gasteiger partial charge in [-0.15, -0.1) is 0 Å². The van der Waals surface area contributed by atoms with Crippen molar-refractivity contribution in [2.75, 3.05) is 0 Å². The van der Waals surface area contributed by atoms with Crippen molar-refractivity contribution < 1.29 is 5.11 Å². The monoisotopic (exact) mass is 159 g/mol. The fraction of sp³-hybridized carbons (Fsp3) is 1.00. The lowest BCUT2D eigenvalue weighted by atomic mass is 9.83. The Morgan fingerprint density at radius 2 is 1.55 bits per heavy atom. The molecule has 0 bridgehead atoms. The predicted octanol–water partition coefficient (Wildman–Crippen LogP) is 1.66. The molecule has 0 aromatic carbocycles. The van der Waals surface area contributed by atoms with Gasteiger partial charge in [-0.3, -0.25) is 0 Å². The zero-order valence-corrected chi connectivity index (χ0v) is 8.15. The summed E-state index contributed by atoms with van der Waals surface area (Å²) in [6, 6.07) is 0. The van der Waals surface area contributed by atoms with E-state index in [4.69, 9.17) is 5.73 Å². The molecule has 0 unspecified atom stereocenters. The fourth-order valence-corrected chi connectivity index (χ4v) is 1.36. The molecule has 0 saturated heterocycles. The summed E-state index contributed by atoms with van der Waals surface area (Å²) in [5.41, 5.74) is 5.20. The first-order valence-electron chi connectivity index (χ1n) is 4.34. The second kappa shape index (κ2) is 3.55. The molecule has 2 nitrogen and oxygen atoms in total. The minimum Gasteiger partial charge on any atom is -0.390 e. The Bertz CT molecular complexity index is 111. The molecule has 0 heterocycles. The largest absolute Gasteiger partial charge is 0.390 e. The number of rotatable bonds is 4. The SMILES string of the molecule is CCC(N)(CC)CC(C)(C)O. The van der Waals surface area contributed by atoms with Crippen molar-refractivity contribution in [3.8, 4) is 0 Å². The molecule has 0 rings (SSSR count). The van der Waals surface area contributed by atoms with Crippen molar-refractivity contribution in [1.29, 1.82) is 0 Å². The average molecular weight is 159 g/mol. The molecule has 3 N–H and O–H groups in total. The van der Waals surface area contributed by atoms with Crippen LogP contribution in [0.15, 0.2) is 0 Å². The van der Waals surface area contributed by atoms with Gasteiger partial charge in [0, 0.05) is 5.54 Å². The van der Waals surface area contributed by atoms with E-state index in [1.807, 2.05) is 0 Å². The topological polar surface area (TPSA) is 46.2 Å². The number of hydrogen-bond acceptors (Lipinski definition) is 2. The van der Waals surface area contributed by atoms with Crippen LogP contribution in [0.3, 0.4) is 0 Å². The van der Waals surface area contributed by atoms with E-state index in [0.717, 1.165) is 12.8 Å². The van der Waals surface area contributed by atoms with Gasteiger partial charge in [0.1, 0.15) is 0 Å². The molecule has 2 heteroatoms. The van der Waals surface area contributed by atoms with E-state index in [-0.39, 0.29) is 5.54 Å². The Balaban J connectivity index is 4.08. The molecule has 68 valence electrons. The third-order valence-electron chi connectivity index (χ3n) is 2.19. The van der Waals surface area contributed by atoms with Gasteiger partial charge in [-0.1, -0.05) is 13.8 Å². The summed E-state index contributed by atoms with van der Waals surface area (Å²) >= 11 is 0. The van der Waals surface area contributed by atoms with Crippen LogP contribution in [-0.4, -0.2) is 16.2 Å². The first-order valence-corrected chi connectivity index (χ1v) is 4.34. The van der Waals surface area contributed by atoms with E-state index in [0.29, 0.717) is 6.42 Å². The highest BCUT2D eigenvalue weighted by Gasteiger charge is 2.28.